The summed E-state index contributed by atoms with van der Waals surface area (Å²) in [5, 5.41) is 18.2. The zero-order valence-electron chi connectivity index (χ0n) is 43.1. The maximum absolute atomic E-state index is 10.2. The van der Waals surface area contributed by atoms with E-state index >= 15 is 0 Å². The molecule has 0 fully saturated rings. The smallest absolute Gasteiger partial charge is 0.341 e. The van der Waals surface area contributed by atoms with E-state index in [0.717, 1.165) is 6.42 Å². The van der Waals surface area contributed by atoms with Gasteiger partial charge in [0.25, 0.3) is 0 Å². The van der Waals surface area contributed by atoms with Gasteiger partial charge in [-0.15, -0.1) is 0 Å². The molecule has 2 aromatic rings. The van der Waals surface area contributed by atoms with E-state index in [-0.39, 0.29) is 0 Å². The topological polar surface area (TPSA) is 99.5 Å². The maximum Gasteiger partial charge on any atom is 0.341 e. The van der Waals surface area contributed by atoms with Crippen molar-refractivity contribution in [2.24, 2.45) is 0 Å². The highest BCUT2D eigenvalue weighted by Crippen LogP contribution is 2.28. The number of ether oxygens (including phenoxy) is 2. The molecule has 390 valence electrons. The van der Waals surface area contributed by atoms with Gasteiger partial charge in [0.2, 0.25) is 0 Å². The van der Waals surface area contributed by atoms with E-state index in [1.54, 1.807) is 12.1 Å². The molecule has 0 radical (unpaired) electrons. The Labute approximate surface area is 434 Å². The second kappa shape index (κ2) is 50.7. The Balaban J connectivity index is 0. The average Bonchev–Trinajstić information content (AvgIpc) is 3.28. The summed E-state index contributed by atoms with van der Waals surface area (Å²) in [7, 11) is 8.65. The number of carboxylic acids is 2. The van der Waals surface area contributed by atoms with Gasteiger partial charge in [0.1, 0.15) is 11.5 Å². The van der Waals surface area contributed by atoms with Crippen molar-refractivity contribution in [3.05, 3.63) is 92.9 Å². The van der Waals surface area contributed by atoms with E-state index in [2.05, 4.69) is 88.3 Å². The summed E-state index contributed by atoms with van der Waals surface area (Å²) < 4.78 is 9.73. The zero-order valence-corrected chi connectivity index (χ0v) is 46.1. The van der Waals surface area contributed by atoms with Gasteiger partial charge in [-0.1, -0.05) is 193 Å². The molecule has 2 rings (SSSR count). The molecule has 12 heteroatoms. The summed E-state index contributed by atoms with van der Waals surface area (Å²) in [5.41, 5.74) is 0. The minimum Gasteiger partial charge on any atom is -0.480 e. The normalized spacial score (nSPS) is 11.1. The average molecular weight is 1030 g/mol. The van der Waals surface area contributed by atoms with E-state index in [0.29, 0.717) is 31.6 Å². The van der Waals surface area contributed by atoms with E-state index in [9.17, 15) is 9.59 Å². The van der Waals surface area contributed by atoms with Gasteiger partial charge in [-0.05, 0) is 148 Å². The molecule has 2 aromatic carbocycles. The lowest BCUT2D eigenvalue weighted by Gasteiger charge is -2.08. The first-order valence-corrected chi connectivity index (χ1v) is 27.1. The fourth-order valence-electron chi connectivity index (χ4n) is 6.56. The van der Waals surface area contributed by atoms with Crippen LogP contribution in [-0.4, -0.2) is 86.4 Å². The lowest BCUT2D eigenvalue weighted by molar-refractivity contribution is -0.140. The number of unbranched alkanes of at least 4 members (excludes halogenated alkanes) is 21. The molecule has 0 heterocycles. The number of allylic oxidation sites excluding steroid dienone is 6. The van der Waals surface area contributed by atoms with Gasteiger partial charge in [-0.2, -0.15) is 0 Å². The predicted molar refractivity (Wildman–Crippen MR) is 295 cm³/mol. The summed E-state index contributed by atoms with van der Waals surface area (Å²) in [6.45, 7) is 6.21. The highest BCUT2D eigenvalue weighted by Gasteiger charge is 2.05. The molecule has 0 atom stereocenters. The summed E-state index contributed by atoms with van der Waals surface area (Å²) in [4.78, 5) is 24.9. The summed E-state index contributed by atoms with van der Waals surface area (Å²) in [5.74, 6) is -1.47. The van der Waals surface area contributed by atoms with Crippen LogP contribution in [0.1, 0.15) is 181 Å². The fraction of sp³-hybridized carbons (Fsp3) is 0.643. The number of aliphatic carboxylic acids is 2. The SMILES string of the molecule is CCCCCC=CCC=CCCCCCCCCN(C)C.CCCCCCCCC=CCCCCCCCCN(C)C.O=C(O)COc1ccc(Cl)cc1Cl.O=C(O)COc1ccc(Cl)cc1Cl. The number of hydrogen-bond acceptors (Lipinski definition) is 6. The Morgan fingerprint density at radius 1 is 0.456 bits per heavy atom. The number of carboxylic acid groups (broad SMARTS) is 2. The highest BCUT2D eigenvalue weighted by atomic mass is 35.5. The van der Waals surface area contributed by atoms with E-state index in [4.69, 9.17) is 66.1 Å². The standard InChI is InChI=1S/C20H41N.C20H39N.2C8H6Cl2O3/c2*1-4-5-6-7-8-9-10-11-12-13-14-15-16-17-18-19-20-21(2)3;2*9-5-1-2-7(6(10)3-5)13-4-8(11)12/h11-12H,4-10,13-20H2,1-3H3;8-9,11-12H,4-7,10,13-20H2,1-3H3;2*1-3H,4H2,(H,11,12). The van der Waals surface area contributed by atoms with Gasteiger partial charge in [0.15, 0.2) is 13.2 Å². The van der Waals surface area contributed by atoms with Gasteiger partial charge >= 0.3 is 11.9 Å². The number of rotatable bonds is 37. The first-order chi connectivity index (χ1) is 32.7. The first-order valence-electron chi connectivity index (χ1n) is 25.6. The van der Waals surface area contributed by atoms with Gasteiger partial charge in [0, 0.05) is 10.0 Å². The largest absolute Gasteiger partial charge is 0.480 e. The van der Waals surface area contributed by atoms with Crippen LogP contribution in [0, 0.1) is 0 Å². The van der Waals surface area contributed by atoms with Crippen molar-refractivity contribution < 1.29 is 29.3 Å². The number of nitrogens with zero attached hydrogens (tertiary/aromatic N) is 2. The van der Waals surface area contributed by atoms with Crippen LogP contribution in [0.15, 0.2) is 72.9 Å². The van der Waals surface area contributed by atoms with Crippen molar-refractivity contribution in [3.63, 3.8) is 0 Å². The van der Waals surface area contributed by atoms with Gasteiger partial charge in [-0.3, -0.25) is 0 Å². The van der Waals surface area contributed by atoms with Crippen molar-refractivity contribution >= 4 is 58.3 Å². The van der Waals surface area contributed by atoms with Crippen LogP contribution in [0.3, 0.4) is 0 Å². The number of benzene rings is 2. The third-order valence-corrected chi connectivity index (χ3v) is 11.5. The second-order valence-corrected chi connectivity index (χ2v) is 19.3. The molecule has 0 aliphatic rings. The Morgan fingerprint density at radius 3 is 1.07 bits per heavy atom. The second-order valence-electron chi connectivity index (χ2n) is 17.6. The fourth-order valence-corrected chi connectivity index (χ4v) is 7.48. The minimum atomic E-state index is -1.05. The number of halogens is 4. The maximum atomic E-state index is 10.2. The Bertz CT molecular complexity index is 1500. The van der Waals surface area contributed by atoms with Gasteiger partial charge in [-0.25, -0.2) is 9.59 Å². The highest BCUT2D eigenvalue weighted by molar-refractivity contribution is 6.36. The molecular weight excluding hydrogens is 938 g/mol. The molecule has 68 heavy (non-hydrogen) atoms. The van der Waals surface area contributed by atoms with Crippen LogP contribution in [0.5, 0.6) is 11.5 Å². The molecule has 8 nitrogen and oxygen atoms in total. The molecule has 0 bridgehead atoms. The number of hydrogen-bond donors (Lipinski definition) is 2. The minimum absolute atomic E-state index is 0.300. The van der Waals surface area contributed by atoms with Crippen molar-refractivity contribution in [1.82, 2.24) is 9.80 Å². The summed E-state index contributed by atoms with van der Waals surface area (Å²) in [6.07, 6.45) is 49.7. The molecule has 0 saturated carbocycles. The Morgan fingerprint density at radius 2 is 0.750 bits per heavy atom. The summed E-state index contributed by atoms with van der Waals surface area (Å²) >= 11 is 22.7. The quantitative estimate of drug-likeness (QED) is 0.0510. The van der Waals surface area contributed by atoms with E-state index in [1.165, 1.54) is 198 Å². The van der Waals surface area contributed by atoms with Crippen LogP contribution in [0.4, 0.5) is 0 Å². The molecular formula is C56H92Cl4N2O6. The Hall–Kier alpha value is -2.72. The lowest BCUT2D eigenvalue weighted by atomic mass is 10.1. The van der Waals surface area contributed by atoms with Crippen molar-refractivity contribution in [2.45, 2.75) is 181 Å². The lowest BCUT2D eigenvalue weighted by Crippen LogP contribution is -2.12. The van der Waals surface area contributed by atoms with Crippen LogP contribution < -0.4 is 9.47 Å². The first kappa shape index (κ1) is 67.4. The number of carbonyl (C=O) groups is 2. The molecule has 0 saturated heterocycles. The van der Waals surface area contributed by atoms with Crippen molar-refractivity contribution in [2.75, 3.05) is 54.5 Å². The van der Waals surface area contributed by atoms with E-state index < -0.39 is 25.2 Å². The molecule has 0 amide bonds. The summed E-state index contributed by atoms with van der Waals surface area (Å²) in [6, 6.07) is 9.16. The Kier molecular flexibility index (Phi) is 50.2. The monoisotopic (exact) mass is 1030 g/mol. The van der Waals surface area contributed by atoms with Gasteiger partial charge < -0.3 is 29.5 Å². The van der Waals surface area contributed by atoms with Crippen molar-refractivity contribution in [1.29, 1.82) is 0 Å². The molecule has 0 unspecified atom stereocenters. The van der Waals surface area contributed by atoms with Crippen LogP contribution >= 0.6 is 46.4 Å². The third kappa shape index (κ3) is 51.1. The predicted octanol–water partition coefficient (Wildman–Crippen LogP) is 17.9. The van der Waals surface area contributed by atoms with E-state index in [1.807, 2.05) is 0 Å². The molecule has 0 spiro atoms. The zero-order chi connectivity index (χ0) is 50.9. The van der Waals surface area contributed by atoms with Crippen LogP contribution in [0.25, 0.3) is 0 Å². The van der Waals surface area contributed by atoms with Crippen LogP contribution in [-0.2, 0) is 9.59 Å². The third-order valence-electron chi connectivity index (χ3n) is 10.4. The molecule has 0 aliphatic carbocycles. The molecule has 0 aromatic heterocycles. The molecule has 0 aliphatic heterocycles. The van der Waals surface area contributed by atoms with Gasteiger partial charge in [0.05, 0.1) is 10.0 Å². The van der Waals surface area contributed by atoms with Crippen LogP contribution in [0.2, 0.25) is 20.1 Å². The van der Waals surface area contributed by atoms with Crippen molar-refractivity contribution in [3.8, 4) is 11.5 Å². The molecule has 2 N–H and O–H groups in total.